The smallest absolute Gasteiger partial charge is 0.224 e. The van der Waals surface area contributed by atoms with E-state index in [0.29, 0.717) is 12.4 Å². The van der Waals surface area contributed by atoms with E-state index in [2.05, 4.69) is 31.2 Å². The van der Waals surface area contributed by atoms with Gasteiger partial charge in [-0.1, -0.05) is 15.9 Å². The van der Waals surface area contributed by atoms with Crippen LogP contribution >= 0.6 is 27.5 Å². The third-order valence-corrected chi connectivity index (χ3v) is 3.24. The highest BCUT2D eigenvalue weighted by Gasteiger charge is 2.04. The molecule has 1 aromatic heterocycles. The number of hydrogen-bond acceptors (Lipinski definition) is 3. The van der Waals surface area contributed by atoms with E-state index < -0.39 is 0 Å². The molecular formula is C12H10BrClFN3. The zero-order valence-electron chi connectivity index (χ0n) is 9.54. The van der Waals surface area contributed by atoms with Crippen molar-refractivity contribution in [3.63, 3.8) is 0 Å². The van der Waals surface area contributed by atoms with E-state index in [-0.39, 0.29) is 11.1 Å². The maximum atomic E-state index is 13.1. The Balaban J connectivity index is 2.13. The lowest BCUT2D eigenvalue weighted by Gasteiger charge is -2.08. The summed E-state index contributed by atoms with van der Waals surface area (Å²) in [6, 6.07) is 6.32. The van der Waals surface area contributed by atoms with Crippen molar-refractivity contribution in [3.05, 3.63) is 51.1 Å². The van der Waals surface area contributed by atoms with Crippen molar-refractivity contribution in [3.8, 4) is 0 Å². The molecule has 0 aliphatic heterocycles. The van der Waals surface area contributed by atoms with Crippen molar-refractivity contribution >= 4 is 33.3 Å². The molecule has 0 spiro atoms. The standard InChI is InChI=1S/C12H10BrClFN3/c1-7-4-11(18-12(14)17-7)16-6-8-5-9(15)2-3-10(8)13/h2-5H,6H2,1H3,(H,16,17,18). The Morgan fingerprint density at radius 2 is 2.11 bits per heavy atom. The molecule has 0 aliphatic rings. The average Bonchev–Trinajstić information content (AvgIpc) is 2.29. The van der Waals surface area contributed by atoms with Crippen LogP contribution in [-0.4, -0.2) is 9.97 Å². The van der Waals surface area contributed by atoms with Crippen LogP contribution in [0.2, 0.25) is 5.28 Å². The van der Waals surface area contributed by atoms with Crippen molar-refractivity contribution in [2.24, 2.45) is 0 Å². The van der Waals surface area contributed by atoms with E-state index in [4.69, 9.17) is 11.6 Å². The molecule has 18 heavy (non-hydrogen) atoms. The summed E-state index contributed by atoms with van der Waals surface area (Å²) in [6.07, 6.45) is 0. The zero-order valence-corrected chi connectivity index (χ0v) is 11.9. The lowest BCUT2D eigenvalue weighted by molar-refractivity contribution is 0.625. The van der Waals surface area contributed by atoms with Crippen LogP contribution in [0.3, 0.4) is 0 Å². The number of aromatic nitrogens is 2. The molecule has 0 amide bonds. The van der Waals surface area contributed by atoms with E-state index >= 15 is 0 Å². The first-order valence-electron chi connectivity index (χ1n) is 5.23. The SMILES string of the molecule is Cc1cc(NCc2cc(F)ccc2Br)nc(Cl)n1. The van der Waals surface area contributed by atoms with Gasteiger partial charge >= 0.3 is 0 Å². The summed E-state index contributed by atoms with van der Waals surface area (Å²) in [5, 5.41) is 3.27. The fourth-order valence-electron chi connectivity index (χ4n) is 1.49. The lowest BCUT2D eigenvalue weighted by atomic mass is 10.2. The van der Waals surface area contributed by atoms with Crippen LogP contribution in [0.15, 0.2) is 28.7 Å². The van der Waals surface area contributed by atoms with Crippen LogP contribution in [0, 0.1) is 12.7 Å². The Kier molecular flexibility index (Phi) is 4.14. The monoisotopic (exact) mass is 329 g/mol. The molecule has 2 rings (SSSR count). The van der Waals surface area contributed by atoms with Crippen LogP contribution < -0.4 is 5.32 Å². The largest absolute Gasteiger partial charge is 0.366 e. The van der Waals surface area contributed by atoms with Gasteiger partial charge in [0.1, 0.15) is 11.6 Å². The number of aryl methyl sites for hydroxylation is 1. The van der Waals surface area contributed by atoms with Gasteiger partial charge in [-0.2, -0.15) is 0 Å². The maximum Gasteiger partial charge on any atom is 0.224 e. The molecule has 6 heteroatoms. The Bertz CT molecular complexity index is 557. The molecule has 1 aromatic carbocycles. The van der Waals surface area contributed by atoms with E-state index in [1.165, 1.54) is 12.1 Å². The lowest BCUT2D eigenvalue weighted by Crippen LogP contribution is -2.03. The van der Waals surface area contributed by atoms with E-state index in [1.54, 1.807) is 12.1 Å². The number of hydrogen-bond donors (Lipinski definition) is 1. The predicted molar refractivity (Wildman–Crippen MR) is 73.2 cm³/mol. The number of anilines is 1. The first-order chi connectivity index (χ1) is 8.54. The van der Waals surface area contributed by atoms with Gasteiger partial charge in [-0.25, -0.2) is 14.4 Å². The van der Waals surface area contributed by atoms with E-state index in [0.717, 1.165) is 15.7 Å². The van der Waals surface area contributed by atoms with Gasteiger partial charge in [0.2, 0.25) is 5.28 Å². The van der Waals surface area contributed by atoms with Crippen LogP contribution in [0.25, 0.3) is 0 Å². The van der Waals surface area contributed by atoms with Crippen molar-refractivity contribution < 1.29 is 4.39 Å². The van der Waals surface area contributed by atoms with Gasteiger partial charge in [-0.05, 0) is 42.3 Å². The highest BCUT2D eigenvalue weighted by molar-refractivity contribution is 9.10. The molecule has 0 saturated carbocycles. The van der Waals surface area contributed by atoms with E-state index in [9.17, 15) is 4.39 Å². The minimum absolute atomic E-state index is 0.191. The zero-order chi connectivity index (χ0) is 13.1. The van der Waals surface area contributed by atoms with Gasteiger partial charge in [-0.3, -0.25) is 0 Å². The minimum Gasteiger partial charge on any atom is -0.366 e. The van der Waals surface area contributed by atoms with Crippen LogP contribution in [0.5, 0.6) is 0 Å². The average molecular weight is 331 g/mol. The molecule has 1 heterocycles. The minimum atomic E-state index is -0.271. The van der Waals surface area contributed by atoms with E-state index in [1.807, 2.05) is 6.92 Å². The Morgan fingerprint density at radius 3 is 2.83 bits per heavy atom. The molecular weight excluding hydrogens is 321 g/mol. The molecule has 0 bridgehead atoms. The van der Waals surface area contributed by atoms with Gasteiger partial charge in [0.25, 0.3) is 0 Å². The topological polar surface area (TPSA) is 37.8 Å². The molecule has 94 valence electrons. The Labute approximate surface area is 118 Å². The Hall–Kier alpha value is -1.20. The fourth-order valence-corrected chi connectivity index (χ4v) is 2.10. The molecule has 0 radical (unpaired) electrons. The summed E-state index contributed by atoms with van der Waals surface area (Å²) in [4.78, 5) is 8.00. The summed E-state index contributed by atoms with van der Waals surface area (Å²) in [5.74, 6) is 0.343. The van der Waals surface area contributed by atoms with Gasteiger partial charge in [0, 0.05) is 22.8 Å². The number of nitrogens with zero attached hydrogens (tertiary/aromatic N) is 2. The molecule has 0 aliphatic carbocycles. The molecule has 0 atom stereocenters. The number of rotatable bonds is 3. The van der Waals surface area contributed by atoms with Crippen LogP contribution in [-0.2, 0) is 6.54 Å². The predicted octanol–water partition coefficient (Wildman–Crippen LogP) is 3.95. The summed E-state index contributed by atoms with van der Waals surface area (Å²) < 4.78 is 13.9. The summed E-state index contributed by atoms with van der Waals surface area (Å²) in [7, 11) is 0. The van der Waals surface area contributed by atoms with Gasteiger partial charge in [-0.15, -0.1) is 0 Å². The van der Waals surface area contributed by atoms with Gasteiger partial charge < -0.3 is 5.32 Å². The highest BCUT2D eigenvalue weighted by atomic mass is 79.9. The maximum absolute atomic E-state index is 13.1. The molecule has 3 nitrogen and oxygen atoms in total. The van der Waals surface area contributed by atoms with Crippen molar-refractivity contribution in [2.45, 2.75) is 13.5 Å². The van der Waals surface area contributed by atoms with Crippen molar-refractivity contribution in [1.82, 2.24) is 9.97 Å². The number of halogens is 3. The molecule has 2 aromatic rings. The van der Waals surface area contributed by atoms with Gasteiger partial charge in [0.05, 0.1) is 0 Å². The molecule has 1 N–H and O–H groups in total. The summed E-state index contributed by atoms with van der Waals surface area (Å²) in [5.41, 5.74) is 1.58. The molecule has 0 unspecified atom stereocenters. The Morgan fingerprint density at radius 1 is 1.33 bits per heavy atom. The van der Waals surface area contributed by atoms with Crippen LogP contribution in [0.1, 0.15) is 11.3 Å². The second-order valence-corrected chi connectivity index (χ2v) is 4.95. The summed E-state index contributed by atoms with van der Waals surface area (Å²) >= 11 is 9.12. The van der Waals surface area contributed by atoms with Gasteiger partial charge in [0.15, 0.2) is 0 Å². The first kappa shape index (κ1) is 13.2. The van der Waals surface area contributed by atoms with Crippen molar-refractivity contribution in [2.75, 3.05) is 5.32 Å². The molecule has 0 fully saturated rings. The molecule has 0 saturated heterocycles. The third-order valence-electron chi connectivity index (χ3n) is 2.29. The number of nitrogens with one attached hydrogen (secondary N) is 1. The number of benzene rings is 1. The normalized spacial score (nSPS) is 10.4. The van der Waals surface area contributed by atoms with Crippen LogP contribution in [0.4, 0.5) is 10.2 Å². The quantitative estimate of drug-likeness (QED) is 0.866. The van der Waals surface area contributed by atoms with Crippen molar-refractivity contribution in [1.29, 1.82) is 0 Å². The summed E-state index contributed by atoms with van der Waals surface area (Å²) in [6.45, 7) is 2.28. The second kappa shape index (κ2) is 5.63. The second-order valence-electron chi connectivity index (χ2n) is 3.75. The third kappa shape index (κ3) is 3.40. The first-order valence-corrected chi connectivity index (χ1v) is 6.40. The fraction of sp³-hybridized carbons (Fsp3) is 0.167. The highest BCUT2D eigenvalue weighted by Crippen LogP contribution is 2.19.